The molecule has 2 saturated heterocycles. The average Bonchev–Trinajstić information content (AvgIpc) is 3.12. The topological polar surface area (TPSA) is 93.9 Å². The van der Waals surface area contributed by atoms with Crippen LogP contribution in [-0.2, 0) is 16.1 Å². The van der Waals surface area contributed by atoms with E-state index in [1.165, 1.54) is 0 Å². The van der Waals surface area contributed by atoms with Gasteiger partial charge in [0.2, 0.25) is 5.91 Å². The van der Waals surface area contributed by atoms with Gasteiger partial charge in [0.05, 0.1) is 19.3 Å². The summed E-state index contributed by atoms with van der Waals surface area (Å²) in [7, 11) is 0. The van der Waals surface area contributed by atoms with Crippen molar-refractivity contribution < 1.29 is 19.1 Å². The van der Waals surface area contributed by atoms with Gasteiger partial charge in [0.15, 0.2) is 0 Å². The summed E-state index contributed by atoms with van der Waals surface area (Å²) < 4.78 is 11.2. The van der Waals surface area contributed by atoms with Crippen LogP contribution < -0.4 is 15.8 Å². The molecular formula is C18H21N3O4. The molecule has 1 aromatic carbocycles. The summed E-state index contributed by atoms with van der Waals surface area (Å²) in [5.41, 5.74) is 8.14. The third-order valence-corrected chi connectivity index (χ3v) is 4.96. The van der Waals surface area contributed by atoms with Gasteiger partial charge >= 0.3 is 0 Å². The zero-order valence-corrected chi connectivity index (χ0v) is 13.9. The minimum Gasteiger partial charge on any atom is -0.486 e. The van der Waals surface area contributed by atoms with Crippen LogP contribution in [0.3, 0.4) is 0 Å². The minimum atomic E-state index is -0.452. The van der Waals surface area contributed by atoms with E-state index in [9.17, 15) is 9.59 Å². The molecule has 0 radical (unpaired) electrons. The summed E-state index contributed by atoms with van der Waals surface area (Å²) in [5.74, 6) is 0.388. The summed E-state index contributed by atoms with van der Waals surface area (Å²) in [6, 6.07) is 4.79. The van der Waals surface area contributed by atoms with Crippen molar-refractivity contribution in [2.75, 3.05) is 13.2 Å². The highest BCUT2D eigenvalue weighted by atomic mass is 16.5. The van der Waals surface area contributed by atoms with E-state index >= 15 is 0 Å². The SMILES string of the molecule is C=C1CCC(N2Cc3cc(O[C@H]4COC[C@@H]4N)ccc3C2=O)C(=O)N1. The van der Waals surface area contributed by atoms with Crippen LogP contribution in [0, 0.1) is 0 Å². The maximum Gasteiger partial charge on any atom is 0.255 e. The lowest BCUT2D eigenvalue weighted by Crippen LogP contribution is -2.49. The molecule has 1 unspecified atom stereocenters. The van der Waals surface area contributed by atoms with Crippen molar-refractivity contribution >= 4 is 11.8 Å². The number of nitrogens with two attached hydrogens (primary N) is 1. The monoisotopic (exact) mass is 343 g/mol. The molecule has 132 valence electrons. The van der Waals surface area contributed by atoms with Gasteiger partial charge in [0.25, 0.3) is 5.91 Å². The number of piperidine rings is 1. The van der Waals surface area contributed by atoms with Crippen molar-refractivity contribution in [2.45, 2.75) is 37.6 Å². The number of amides is 2. The van der Waals surface area contributed by atoms with Gasteiger partial charge in [-0.3, -0.25) is 9.59 Å². The fourth-order valence-electron chi connectivity index (χ4n) is 3.55. The summed E-state index contributed by atoms with van der Waals surface area (Å²) in [5, 5.41) is 2.74. The van der Waals surface area contributed by atoms with Gasteiger partial charge in [0, 0.05) is 17.8 Å². The molecule has 3 aliphatic rings. The quantitative estimate of drug-likeness (QED) is 0.835. The molecule has 2 fully saturated rings. The van der Waals surface area contributed by atoms with E-state index in [2.05, 4.69) is 11.9 Å². The highest BCUT2D eigenvalue weighted by Crippen LogP contribution is 2.31. The second kappa shape index (κ2) is 6.16. The molecule has 0 spiro atoms. The van der Waals surface area contributed by atoms with Gasteiger partial charge in [-0.25, -0.2) is 0 Å². The Labute approximate surface area is 145 Å². The third-order valence-electron chi connectivity index (χ3n) is 4.96. The Bertz CT molecular complexity index is 748. The van der Waals surface area contributed by atoms with E-state index in [0.717, 1.165) is 5.56 Å². The summed E-state index contributed by atoms with van der Waals surface area (Å²) in [6.45, 7) is 5.14. The zero-order chi connectivity index (χ0) is 17.6. The minimum absolute atomic E-state index is 0.116. The largest absolute Gasteiger partial charge is 0.486 e. The molecule has 0 aromatic heterocycles. The Kier molecular flexibility index (Phi) is 3.97. The van der Waals surface area contributed by atoms with Crippen molar-refractivity contribution in [3.05, 3.63) is 41.6 Å². The number of nitrogens with one attached hydrogen (secondary N) is 1. The number of carbonyl (C=O) groups is 2. The molecule has 7 heteroatoms. The normalized spacial score (nSPS) is 28.9. The van der Waals surface area contributed by atoms with Crippen LogP contribution >= 0.6 is 0 Å². The first kappa shape index (κ1) is 16.1. The lowest BCUT2D eigenvalue weighted by atomic mass is 10.0. The maximum atomic E-state index is 12.7. The van der Waals surface area contributed by atoms with E-state index in [1.54, 1.807) is 17.0 Å². The van der Waals surface area contributed by atoms with Gasteiger partial charge in [-0.2, -0.15) is 0 Å². The molecule has 3 N–H and O–H groups in total. The zero-order valence-electron chi connectivity index (χ0n) is 13.9. The van der Waals surface area contributed by atoms with Crippen LogP contribution in [-0.4, -0.2) is 48.1 Å². The fraction of sp³-hybridized carbons (Fsp3) is 0.444. The number of rotatable bonds is 3. The Hall–Kier alpha value is -2.38. The highest BCUT2D eigenvalue weighted by Gasteiger charge is 2.38. The second-order valence-electron chi connectivity index (χ2n) is 6.76. The number of nitrogens with zero attached hydrogens (tertiary/aromatic N) is 1. The summed E-state index contributed by atoms with van der Waals surface area (Å²) >= 11 is 0. The molecule has 1 aromatic rings. The Morgan fingerprint density at radius 3 is 2.88 bits per heavy atom. The highest BCUT2D eigenvalue weighted by molar-refractivity contribution is 6.01. The predicted octanol–water partition coefficient (Wildman–Crippen LogP) is 0.540. The van der Waals surface area contributed by atoms with Gasteiger partial charge in [0.1, 0.15) is 17.9 Å². The van der Waals surface area contributed by atoms with Crippen LogP contribution in [0.2, 0.25) is 0 Å². The number of ether oxygens (including phenoxy) is 2. The van der Waals surface area contributed by atoms with Crippen molar-refractivity contribution in [2.24, 2.45) is 5.73 Å². The summed E-state index contributed by atoms with van der Waals surface area (Å²) in [6.07, 6.45) is 1.10. The fourth-order valence-corrected chi connectivity index (χ4v) is 3.55. The molecule has 0 aliphatic carbocycles. The van der Waals surface area contributed by atoms with E-state index in [-0.39, 0.29) is 24.0 Å². The van der Waals surface area contributed by atoms with E-state index in [4.69, 9.17) is 15.2 Å². The predicted molar refractivity (Wildman–Crippen MR) is 89.8 cm³/mol. The molecule has 4 rings (SSSR count). The average molecular weight is 343 g/mol. The Morgan fingerprint density at radius 2 is 2.16 bits per heavy atom. The van der Waals surface area contributed by atoms with Gasteiger partial charge in [-0.05, 0) is 36.6 Å². The van der Waals surface area contributed by atoms with Crippen LogP contribution in [0.4, 0.5) is 0 Å². The second-order valence-corrected chi connectivity index (χ2v) is 6.76. The molecule has 0 saturated carbocycles. The van der Waals surface area contributed by atoms with Crippen molar-refractivity contribution in [3.8, 4) is 5.75 Å². The van der Waals surface area contributed by atoms with Crippen LogP contribution in [0.5, 0.6) is 5.75 Å². The van der Waals surface area contributed by atoms with Gasteiger partial charge in [-0.15, -0.1) is 0 Å². The first-order chi connectivity index (χ1) is 12.0. The number of carbonyl (C=O) groups excluding carboxylic acids is 2. The molecular weight excluding hydrogens is 322 g/mol. The molecule has 0 bridgehead atoms. The van der Waals surface area contributed by atoms with Gasteiger partial charge < -0.3 is 25.4 Å². The Balaban J connectivity index is 1.51. The molecule has 3 heterocycles. The standard InChI is InChI=1S/C18H21N3O4/c1-10-2-5-15(17(22)20-10)21-7-11-6-12(3-4-13(11)18(21)23)25-16-9-24-8-14(16)19/h3-4,6,14-16H,1-2,5,7-9,19H2,(H,20,22)/t14-,15?,16-/m0/s1. The first-order valence-corrected chi connectivity index (χ1v) is 8.45. The molecule has 25 heavy (non-hydrogen) atoms. The third kappa shape index (κ3) is 2.89. The Morgan fingerprint density at radius 1 is 1.32 bits per heavy atom. The van der Waals surface area contributed by atoms with E-state index in [0.29, 0.717) is 49.6 Å². The smallest absolute Gasteiger partial charge is 0.255 e. The number of allylic oxidation sites excluding steroid dienone is 1. The van der Waals surface area contributed by atoms with Crippen LogP contribution in [0.1, 0.15) is 28.8 Å². The summed E-state index contributed by atoms with van der Waals surface area (Å²) in [4.78, 5) is 26.5. The van der Waals surface area contributed by atoms with Crippen LogP contribution in [0.15, 0.2) is 30.5 Å². The lowest BCUT2D eigenvalue weighted by molar-refractivity contribution is -0.126. The number of hydrogen-bond donors (Lipinski definition) is 2. The van der Waals surface area contributed by atoms with Gasteiger partial charge in [-0.1, -0.05) is 6.58 Å². The van der Waals surface area contributed by atoms with E-state index in [1.807, 2.05) is 6.07 Å². The van der Waals surface area contributed by atoms with E-state index < -0.39 is 6.04 Å². The molecule has 3 atom stereocenters. The number of hydrogen-bond acceptors (Lipinski definition) is 5. The van der Waals surface area contributed by atoms with Crippen LogP contribution in [0.25, 0.3) is 0 Å². The maximum absolute atomic E-state index is 12.7. The molecule has 7 nitrogen and oxygen atoms in total. The lowest BCUT2D eigenvalue weighted by Gasteiger charge is -2.30. The first-order valence-electron chi connectivity index (χ1n) is 8.45. The van der Waals surface area contributed by atoms with Crippen molar-refractivity contribution in [1.82, 2.24) is 10.2 Å². The molecule has 3 aliphatic heterocycles. The number of fused-ring (bicyclic) bond motifs is 1. The van der Waals surface area contributed by atoms with Crippen molar-refractivity contribution in [1.29, 1.82) is 0 Å². The molecule has 2 amide bonds. The number of benzene rings is 1. The van der Waals surface area contributed by atoms with Crippen molar-refractivity contribution in [3.63, 3.8) is 0 Å².